The zero-order valence-corrected chi connectivity index (χ0v) is 13.5. The van der Waals surface area contributed by atoms with Crippen molar-refractivity contribution in [2.45, 2.75) is 53.1 Å². The van der Waals surface area contributed by atoms with Gasteiger partial charge >= 0.3 is 0 Å². The average molecular weight is 284 g/mol. The van der Waals surface area contributed by atoms with E-state index in [4.69, 9.17) is 16.6 Å². The van der Waals surface area contributed by atoms with E-state index < -0.39 is 0 Å². The Morgan fingerprint density at radius 3 is 2.47 bits per heavy atom. The van der Waals surface area contributed by atoms with Gasteiger partial charge < -0.3 is 10.2 Å². The molecule has 19 heavy (non-hydrogen) atoms. The first-order valence-electron chi connectivity index (χ1n) is 7.02. The second-order valence-electron chi connectivity index (χ2n) is 5.78. The van der Waals surface area contributed by atoms with Crippen LogP contribution in [-0.2, 0) is 6.54 Å². The topological polar surface area (TPSA) is 28.2 Å². The number of nitrogens with zero attached hydrogens (tertiary/aromatic N) is 2. The highest BCUT2D eigenvalue weighted by atomic mass is 35.5. The molecule has 1 rings (SSSR count). The Bertz CT molecular complexity index is 399. The van der Waals surface area contributed by atoms with Crippen LogP contribution in [0.3, 0.4) is 0 Å². The maximum atomic E-state index is 6.23. The molecule has 0 saturated carbocycles. The van der Waals surface area contributed by atoms with Crippen molar-refractivity contribution >= 4 is 17.4 Å². The van der Waals surface area contributed by atoms with Crippen LogP contribution in [0.1, 0.15) is 46.7 Å². The number of rotatable bonds is 6. The standard InChI is InChI=1S/C15H26ClN3/c1-6-10-19(7-2)14-9-8-12(16)13(18-14)11-17-15(3,4)5/h8-9,17H,6-7,10-11H2,1-5H3. The highest BCUT2D eigenvalue weighted by molar-refractivity contribution is 6.31. The third kappa shape index (κ3) is 5.37. The number of halogens is 1. The number of pyridine rings is 1. The predicted octanol–water partition coefficient (Wildman–Crippen LogP) is 3.86. The van der Waals surface area contributed by atoms with Crippen LogP contribution in [0, 0.1) is 0 Å². The minimum absolute atomic E-state index is 0.0644. The Labute approximate surface area is 122 Å². The summed E-state index contributed by atoms with van der Waals surface area (Å²) in [5.41, 5.74) is 0.984. The van der Waals surface area contributed by atoms with E-state index in [1.165, 1.54) is 0 Å². The SMILES string of the molecule is CCCN(CC)c1ccc(Cl)c(CNC(C)(C)C)n1. The third-order valence-corrected chi connectivity index (χ3v) is 3.23. The molecule has 0 spiro atoms. The monoisotopic (exact) mass is 283 g/mol. The Kier molecular flexibility index (Phi) is 6.08. The highest BCUT2D eigenvalue weighted by Crippen LogP contribution is 2.20. The molecule has 0 unspecified atom stereocenters. The Hall–Kier alpha value is -0.800. The van der Waals surface area contributed by atoms with Gasteiger partial charge in [0.25, 0.3) is 0 Å². The zero-order valence-electron chi connectivity index (χ0n) is 12.8. The molecule has 0 bridgehead atoms. The summed E-state index contributed by atoms with van der Waals surface area (Å²) < 4.78 is 0. The van der Waals surface area contributed by atoms with Crippen LogP contribution >= 0.6 is 11.6 Å². The third-order valence-electron chi connectivity index (χ3n) is 2.89. The van der Waals surface area contributed by atoms with Gasteiger partial charge in [-0.3, -0.25) is 0 Å². The molecule has 0 radical (unpaired) electrons. The molecule has 0 aliphatic rings. The lowest BCUT2D eigenvalue weighted by molar-refractivity contribution is 0.421. The first-order valence-corrected chi connectivity index (χ1v) is 7.40. The molecule has 1 heterocycles. The fraction of sp³-hybridized carbons (Fsp3) is 0.667. The van der Waals surface area contributed by atoms with Gasteiger partial charge in [-0.1, -0.05) is 18.5 Å². The summed E-state index contributed by atoms with van der Waals surface area (Å²) in [5, 5.41) is 4.16. The quantitative estimate of drug-likeness (QED) is 0.859. The minimum atomic E-state index is 0.0644. The van der Waals surface area contributed by atoms with Crippen LogP contribution in [0.15, 0.2) is 12.1 Å². The summed E-state index contributed by atoms with van der Waals surface area (Å²) >= 11 is 6.23. The highest BCUT2D eigenvalue weighted by Gasteiger charge is 2.13. The van der Waals surface area contributed by atoms with E-state index in [1.54, 1.807) is 0 Å². The molecular formula is C15H26ClN3. The van der Waals surface area contributed by atoms with Crippen molar-refractivity contribution in [1.82, 2.24) is 10.3 Å². The van der Waals surface area contributed by atoms with Crippen LogP contribution in [0.5, 0.6) is 0 Å². The lowest BCUT2D eigenvalue weighted by atomic mass is 10.1. The fourth-order valence-corrected chi connectivity index (χ4v) is 2.00. The molecule has 108 valence electrons. The van der Waals surface area contributed by atoms with Crippen molar-refractivity contribution in [2.24, 2.45) is 0 Å². The van der Waals surface area contributed by atoms with Gasteiger partial charge in [-0.2, -0.15) is 0 Å². The molecule has 3 nitrogen and oxygen atoms in total. The van der Waals surface area contributed by atoms with Gasteiger partial charge in [-0.15, -0.1) is 0 Å². The molecule has 1 aromatic rings. The minimum Gasteiger partial charge on any atom is -0.357 e. The molecule has 0 fully saturated rings. The lowest BCUT2D eigenvalue weighted by Gasteiger charge is -2.24. The maximum Gasteiger partial charge on any atom is 0.128 e. The van der Waals surface area contributed by atoms with Crippen molar-refractivity contribution in [2.75, 3.05) is 18.0 Å². The molecule has 0 saturated heterocycles. The van der Waals surface area contributed by atoms with Crippen molar-refractivity contribution in [3.05, 3.63) is 22.8 Å². The molecule has 4 heteroatoms. The molecule has 0 aromatic carbocycles. The number of hydrogen-bond acceptors (Lipinski definition) is 3. The first kappa shape index (κ1) is 16.3. The van der Waals surface area contributed by atoms with Crippen molar-refractivity contribution in [1.29, 1.82) is 0 Å². The zero-order chi connectivity index (χ0) is 14.5. The summed E-state index contributed by atoms with van der Waals surface area (Å²) in [6, 6.07) is 3.95. The van der Waals surface area contributed by atoms with E-state index in [0.717, 1.165) is 36.0 Å². The second kappa shape index (κ2) is 7.11. The van der Waals surface area contributed by atoms with Gasteiger partial charge in [-0.05, 0) is 46.2 Å². The molecule has 0 aliphatic carbocycles. The van der Waals surface area contributed by atoms with Crippen molar-refractivity contribution < 1.29 is 0 Å². The fourth-order valence-electron chi connectivity index (χ4n) is 1.83. The summed E-state index contributed by atoms with van der Waals surface area (Å²) in [5.74, 6) is 1.01. The first-order chi connectivity index (χ1) is 8.87. The van der Waals surface area contributed by atoms with Gasteiger partial charge in [0.2, 0.25) is 0 Å². The smallest absolute Gasteiger partial charge is 0.128 e. The Balaban J connectivity index is 2.87. The van der Waals surface area contributed by atoms with Gasteiger partial charge in [0.1, 0.15) is 5.82 Å². The van der Waals surface area contributed by atoms with Crippen LogP contribution in [-0.4, -0.2) is 23.6 Å². The number of aromatic nitrogens is 1. The molecular weight excluding hydrogens is 258 g/mol. The van der Waals surface area contributed by atoms with Gasteiger partial charge in [0.05, 0.1) is 10.7 Å². The van der Waals surface area contributed by atoms with E-state index in [9.17, 15) is 0 Å². The van der Waals surface area contributed by atoms with E-state index in [0.29, 0.717) is 6.54 Å². The predicted molar refractivity (Wildman–Crippen MR) is 84.0 cm³/mol. The molecule has 1 N–H and O–H groups in total. The molecule has 0 atom stereocenters. The lowest BCUT2D eigenvalue weighted by Crippen LogP contribution is -2.35. The van der Waals surface area contributed by atoms with Gasteiger partial charge in [0.15, 0.2) is 0 Å². The van der Waals surface area contributed by atoms with Gasteiger partial charge in [0, 0.05) is 25.2 Å². The van der Waals surface area contributed by atoms with Crippen LogP contribution in [0.4, 0.5) is 5.82 Å². The Morgan fingerprint density at radius 1 is 1.26 bits per heavy atom. The second-order valence-corrected chi connectivity index (χ2v) is 6.19. The van der Waals surface area contributed by atoms with Gasteiger partial charge in [-0.25, -0.2) is 4.98 Å². The summed E-state index contributed by atoms with van der Waals surface area (Å²) in [4.78, 5) is 6.97. The number of hydrogen-bond donors (Lipinski definition) is 1. The van der Waals surface area contributed by atoms with Crippen molar-refractivity contribution in [3.8, 4) is 0 Å². The summed E-state index contributed by atoms with van der Waals surface area (Å²) in [6.45, 7) is 13.4. The molecule has 1 aromatic heterocycles. The molecule has 0 aliphatic heterocycles. The van der Waals surface area contributed by atoms with E-state index in [1.807, 2.05) is 12.1 Å². The Morgan fingerprint density at radius 2 is 1.95 bits per heavy atom. The molecule has 0 amide bonds. The largest absolute Gasteiger partial charge is 0.357 e. The van der Waals surface area contributed by atoms with E-state index >= 15 is 0 Å². The average Bonchev–Trinajstić information content (AvgIpc) is 2.34. The summed E-state index contributed by atoms with van der Waals surface area (Å²) in [6.07, 6.45) is 1.12. The van der Waals surface area contributed by atoms with E-state index in [2.05, 4.69) is 44.8 Å². The normalized spacial score (nSPS) is 11.7. The summed E-state index contributed by atoms with van der Waals surface area (Å²) in [7, 11) is 0. The van der Waals surface area contributed by atoms with Crippen LogP contribution in [0.25, 0.3) is 0 Å². The van der Waals surface area contributed by atoms with Crippen LogP contribution in [0.2, 0.25) is 5.02 Å². The van der Waals surface area contributed by atoms with E-state index in [-0.39, 0.29) is 5.54 Å². The van der Waals surface area contributed by atoms with Crippen molar-refractivity contribution in [3.63, 3.8) is 0 Å². The number of nitrogens with one attached hydrogen (secondary N) is 1. The maximum absolute atomic E-state index is 6.23. The number of anilines is 1. The van der Waals surface area contributed by atoms with Crippen LogP contribution < -0.4 is 10.2 Å².